The number of fused-ring (bicyclic) bond motifs is 1. The van der Waals surface area contributed by atoms with Gasteiger partial charge in [0.1, 0.15) is 28.2 Å². The average molecular weight is 369 g/mol. The maximum atomic E-state index is 12.4. The van der Waals surface area contributed by atoms with Crippen LogP contribution in [0.25, 0.3) is 22.3 Å². The predicted octanol–water partition coefficient (Wildman–Crippen LogP) is 3.22. The van der Waals surface area contributed by atoms with E-state index in [0.29, 0.717) is 31.0 Å². The number of unbranched alkanes of at least 4 members (excludes halogenated alkanes) is 1. The SMILES string of the molecule is O=C(CCCCOc1cc(O)c2c(=O)cc(-c3ccccc3)oc2c1)NO. The van der Waals surface area contributed by atoms with Gasteiger partial charge in [-0.2, -0.15) is 0 Å². The van der Waals surface area contributed by atoms with E-state index in [1.165, 1.54) is 12.1 Å². The normalized spacial score (nSPS) is 10.7. The van der Waals surface area contributed by atoms with Crippen molar-refractivity contribution < 1.29 is 24.3 Å². The quantitative estimate of drug-likeness (QED) is 0.335. The molecule has 0 bridgehead atoms. The molecule has 0 aliphatic carbocycles. The number of nitrogens with one attached hydrogen (secondary N) is 1. The summed E-state index contributed by atoms with van der Waals surface area (Å²) in [6.07, 6.45) is 1.32. The molecule has 2 aromatic carbocycles. The fraction of sp³-hybridized carbons (Fsp3) is 0.200. The van der Waals surface area contributed by atoms with E-state index in [-0.39, 0.29) is 28.6 Å². The Bertz CT molecular complexity index is 997. The van der Waals surface area contributed by atoms with Crippen LogP contribution in [0.5, 0.6) is 11.5 Å². The second-order valence-corrected chi connectivity index (χ2v) is 6.00. The van der Waals surface area contributed by atoms with E-state index in [1.807, 2.05) is 30.3 Å². The van der Waals surface area contributed by atoms with Crippen molar-refractivity contribution in [3.05, 3.63) is 58.8 Å². The molecule has 1 heterocycles. The number of phenols is 1. The van der Waals surface area contributed by atoms with Crippen molar-refractivity contribution in [3.8, 4) is 22.8 Å². The maximum absolute atomic E-state index is 12.4. The topological polar surface area (TPSA) is 109 Å². The van der Waals surface area contributed by atoms with Gasteiger partial charge in [0.05, 0.1) is 6.61 Å². The first-order valence-corrected chi connectivity index (χ1v) is 8.50. The van der Waals surface area contributed by atoms with E-state index in [4.69, 9.17) is 14.4 Å². The summed E-state index contributed by atoms with van der Waals surface area (Å²) in [6, 6.07) is 13.5. The van der Waals surface area contributed by atoms with Crippen LogP contribution in [0.4, 0.5) is 0 Å². The van der Waals surface area contributed by atoms with E-state index >= 15 is 0 Å². The Morgan fingerprint density at radius 3 is 2.63 bits per heavy atom. The third-order valence-electron chi connectivity index (χ3n) is 4.03. The molecular weight excluding hydrogens is 350 g/mol. The summed E-state index contributed by atoms with van der Waals surface area (Å²) in [6.45, 7) is 0.312. The van der Waals surface area contributed by atoms with Crippen LogP contribution in [-0.4, -0.2) is 22.8 Å². The van der Waals surface area contributed by atoms with Gasteiger partial charge in [-0.1, -0.05) is 30.3 Å². The Morgan fingerprint density at radius 2 is 1.89 bits per heavy atom. The number of carbonyl (C=O) groups excluding carboxylic acids is 1. The number of aromatic hydroxyl groups is 1. The molecule has 0 aliphatic heterocycles. The molecule has 140 valence electrons. The van der Waals surface area contributed by atoms with Crippen LogP contribution in [0.15, 0.2) is 57.7 Å². The standard InChI is InChI=1S/C20H19NO6/c22-15-10-14(26-9-5-4-8-19(24)21-25)11-18-20(15)16(23)12-17(27-18)13-6-2-1-3-7-13/h1-3,6-7,10-12,22,25H,4-5,8-9H2,(H,21,24). The van der Waals surface area contributed by atoms with Crippen molar-refractivity contribution in [3.63, 3.8) is 0 Å². The Kier molecular flexibility index (Phi) is 5.73. The van der Waals surface area contributed by atoms with Gasteiger partial charge in [0.15, 0.2) is 5.43 Å². The Balaban J connectivity index is 1.80. The van der Waals surface area contributed by atoms with Gasteiger partial charge >= 0.3 is 0 Å². The molecule has 0 spiro atoms. The Morgan fingerprint density at radius 1 is 1.11 bits per heavy atom. The number of benzene rings is 2. The summed E-state index contributed by atoms with van der Waals surface area (Å²) in [4.78, 5) is 23.3. The van der Waals surface area contributed by atoms with E-state index in [1.54, 1.807) is 11.5 Å². The first-order valence-electron chi connectivity index (χ1n) is 8.50. The van der Waals surface area contributed by atoms with E-state index in [9.17, 15) is 14.7 Å². The Hall–Kier alpha value is -3.32. The van der Waals surface area contributed by atoms with Crippen molar-refractivity contribution >= 4 is 16.9 Å². The van der Waals surface area contributed by atoms with Gasteiger partial charge in [-0.25, -0.2) is 5.48 Å². The summed E-state index contributed by atoms with van der Waals surface area (Å²) in [5, 5.41) is 18.7. The Labute approximate surface area is 154 Å². The van der Waals surface area contributed by atoms with Gasteiger partial charge in [0, 0.05) is 30.2 Å². The zero-order chi connectivity index (χ0) is 19.2. The van der Waals surface area contributed by atoms with Crippen LogP contribution < -0.4 is 15.6 Å². The predicted molar refractivity (Wildman–Crippen MR) is 98.9 cm³/mol. The van der Waals surface area contributed by atoms with Gasteiger partial charge in [0.25, 0.3) is 0 Å². The van der Waals surface area contributed by atoms with Gasteiger partial charge in [-0.05, 0) is 12.8 Å². The van der Waals surface area contributed by atoms with Crippen molar-refractivity contribution in [2.24, 2.45) is 0 Å². The number of carbonyl (C=O) groups is 1. The minimum Gasteiger partial charge on any atom is -0.507 e. The molecule has 0 saturated carbocycles. The number of hydroxylamine groups is 1. The third kappa shape index (κ3) is 4.45. The lowest BCUT2D eigenvalue weighted by Gasteiger charge is -2.09. The number of amides is 1. The van der Waals surface area contributed by atoms with Gasteiger partial charge in [-0.15, -0.1) is 0 Å². The molecule has 7 heteroatoms. The first-order chi connectivity index (χ1) is 13.1. The first kappa shape index (κ1) is 18.5. The molecule has 0 radical (unpaired) electrons. The molecule has 1 amide bonds. The number of ether oxygens (including phenoxy) is 1. The minimum atomic E-state index is -0.450. The van der Waals surface area contributed by atoms with Gasteiger partial charge < -0.3 is 14.3 Å². The lowest BCUT2D eigenvalue weighted by Crippen LogP contribution is -2.18. The van der Waals surface area contributed by atoms with Crippen molar-refractivity contribution in [1.82, 2.24) is 5.48 Å². The third-order valence-corrected chi connectivity index (χ3v) is 4.03. The second kappa shape index (κ2) is 8.37. The maximum Gasteiger partial charge on any atom is 0.243 e. The van der Waals surface area contributed by atoms with Crippen molar-refractivity contribution in [2.45, 2.75) is 19.3 Å². The van der Waals surface area contributed by atoms with Gasteiger partial charge in [0.2, 0.25) is 5.91 Å². The summed E-state index contributed by atoms with van der Waals surface area (Å²) in [7, 11) is 0. The molecule has 1 aromatic heterocycles. The average Bonchev–Trinajstić information content (AvgIpc) is 2.67. The molecule has 0 atom stereocenters. The largest absolute Gasteiger partial charge is 0.507 e. The highest BCUT2D eigenvalue weighted by molar-refractivity contribution is 5.86. The molecule has 0 unspecified atom stereocenters. The van der Waals surface area contributed by atoms with Crippen LogP contribution in [0.1, 0.15) is 19.3 Å². The monoisotopic (exact) mass is 369 g/mol. The van der Waals surface area contributed by atoms with Crippen LogP contribution in [0.2, 0.25) is 0 Å². The number of phenolic OH excluding ortho intramolecular Hbond substituents is 1. The molecule has 3 rings (SSSR count). The molecule has 3 N–H and O–H groups in total. The lowest BCUT2D eigenvalue weighted by molar-refractivity contribution is -0.129. The molecule has 0 saturated heterocycles. The van der Waals surface area contributed by atoms with Crippen LogP contribution in [0.3, 0.4) is 0 Å². The summed E-state index contributed by atoms with van der Waals surface area (Å²) in [5.41, 5.74) is 2.22. The highest BCUT2D eigenvalue weighted by Gasteiger charge is 2.13. The van der Waals surface area contributed by atoms with Gasteiger partial charge in [-0.3, -0.25) is 14.8 Å². The zero-order valence-corrected chi connectivity index (χ0v) is 14.5. The molecule has 0 aliphatic rings. The smallest absolute Gasteiger partial charge is 0.243 e. The molecule has 27 heavy (non-hydrogen) atoms. The number of hydrogen-bond donors (Lipinski definition) is 3. The fourth-order valence-corrected chi connectivity index (χ4v) is 2.71. The summed E-state index contributed by atoms with van der Waals surface area (Å²) in [5.74, 6) is 0.101. The minimum absolute atomic E-state index is 0.0987. The van der Waals surface area contributed by atoms with Crippen LogP contribution in [-0.2, 0) is 4.79 Å². The van der Waals surface area contributed by atoms with Crippen LogP contribution >= 0.6 is 0 Å². The molecule has 0 fully saturated rings. The molecular formula is C20H19NO6. The van der Waals surface area contributed by atoms with E-state index in [0.717, 1.165) is 5.56 Å². The fourth-order valence-electron chi connectivity index (χ4n) is 2.71. The van der Waals surface area contributed by atoms with Crippen LogP contribution in [0, 0.1) is 0 Å². The van der Waals surface area contributed by atoms with E-state index in [2.05, 4.69) is 0 Å². The zero-order valence-electron chi connectivity index (χ0n) is 14.5. The molecule has 3 aromatic rings. The highest BCUT2D eigenvalue weighted by Crippen LogP contribution is 2.31. The molecule has 7 nitrogen and oxygen atoms in total. The summed E-state index contributed by atoms with van der Waals surface area (Å²) < 4.78 is 11.4. The summed E-state index contributed by atoms with van der Waals surface area (Å²) >= 11 is 0. The van der Waals surface area contributed by atoms with Crippen molar-refractivity contribution in [2.75, 3.05) is 6.61 Å². The second-order valence-electron chi connectivity index (χ2n) is 6.00. The highest BCUT2D eigenvalue weighted by atomic mass is 16.5. The van der Waals surface area contributed by atoms with Crippen molar-refractivity contribution in [1.29, 1.82) is 0 Å². The number of hydrogen-bond acceptors (Lipinski definition) is 6. The lowest BCUT2D eigenvalue weighted by atomic mass is 10.1. The van der Waals surface area contributed by atoms with E-state index < -0.39 is 5.91 Å². The number of rotatable bonds is 7.